The van der Waals surface area contributed by atoms with Crippen LogP contribution < -0.4 is 5.32 Å². The first-order chi connectivity index (χ1) is 8.90. The Hall–Kier alpha value is -1.46. The summed E-state index contributed by atoms with van der Waals surface area (Å²) in [5, 5.41) is 3.38. The van der Waals surface area contributed by atoms with Crippen molar-refractivity contribution in [2.24, 2.45) is 7.05 Å². The fourth-order valence-corrected chi connectivity index (χ4v) is 2.00. The van der Waals surface area contributed by atoms with Gasteiger partial charge in [0, 0.05) is 7.05 Å². The number of rotatable bonds is 3. The molecule has 102 valence electrons. The first-order valence-corrected chi connectivity index (χ1v) is 6.37. The van der Waals surface area contributed by atoms with Gasteiger partial charge in [0.15, 0.2) is 0 Å². The zero-order valence-corrected chi connectivity index (χ0v) is 12.3. The molecule has 2 heterocycles. The lowest BCUT2D eigenvalue weighted by atomic mass is 10.4. The van der Waals surface area contributed by atoms with Gasteiger partial charge in [0.1, 0.15) is 16.6 Å². The van der Waals surface area contributed by atoms with Crippen molar-refractivity contribution in [3.05, 3.63) is 39.3 Å². The third kappa shape index (κ3) is 2.77. The minimum Gasteiger partial charge on any atom is -0.444 e. The summed E-state index contributed by atoms with van der Waals surface area (Å²) in [4.78, 5) is 16.2. The maximum atomic E-state index is 12.0. The molecule has 2 rings (SSSR count). The third-order valence-electron chi connectivity index (χ3n) is 2.82. The Bertz CT molecular complexity index is 612. The summed E-state index contributed by atoms with van der Waals surface area (Å²) in [6.45, 7) is 3.89. The van der Waals surface area contributed by atoms with Crippen LogP contribution in [-0.4, -0.2) is 15.5 Å². The molecule has 0 saturated heterocycles. The van der Waals surface area contributed by atoms with Crippen LogP contribution in [0.25, 0.3) is 0 Å². The quantitative estimate of drug-likeness (QED) is 0.948. The molecule has 19 heavy (non-hydrogen) atoms. The maximum absolute atomic E-state index is 12.0. The summed E-state index contributed by atoms with van der Waals surface area (Å²) in [5.41, 5.74) is 1.20. The number of carbonyl (C=O) groups excluding carboxylic acids is 1. The molecule has 7 heteroatoms. The summed E-state index contributed by atoms with van der Waals surface area (Å²) in [5.74, 6) is 0.925. The zero-order chi connectivity index (χ0) is 14.2. The Morgan fingerprint density at radius 3 is 2.63 bits per heavy atom. The zero-order valence-electron chi connectivity index (χ0n) is 10.8. The van der Waals surface area contributed by atoms with Crippen molar-refractivity contribution in [3.8, 4) is 0 Å². The maximum Gasteiger partial charge on any atom is 0.268 e. The Labute approximate surface area is 120 Å². The van der Waals surface area contributed by atoms with Crippen LogP contribution >= 0.6 is 23.2 Å². The van der Waals surface area contributed by atoms with E-state index in [1.807, 2.05) is 13.8 Å². The van der Waals surface area contributed by atoms with E-state index in [2.05, 4.69) is 10.3 Å². The molecule has 1 N–H and O–H groups in total. The third-order valence-corrected chi connectivity index (χ3v) is 3.66. The Morgan fingerprint density at radius 1 is 1.47 bits per heavy atom. The second kappa shape index (κ2) is 5.27. The fraction of sp³-hybridized carbons (Fsp3) is 0.333. The minimum absolute atomic E-state index is 0.216. The van der Waals surface area contributed by atoms with Gasteiger partial charge in [-0.1, -0.05) is 23.2 Å². The van der Waals surface area contributed by atoms with Gasteiger partial charge in [-0.3, -0.25) is 4.79 Å². The van der Waals surface area contributed by atoms with Crippen LogP contribution in [0.2, 0.25) is 10.2 Å². The molecule has 2 aromatic rings. The van der Waals surface area contributed by atoms with Crippen LogP contribution in [0.1, 0.15) is 27.8 Å². The van der Waals surface area contributed by atoms with E-state index in [1.165, 1.54) is 10.6 Å². The summed E-state index contributed by atoms with van der Waals surface area (Å²) >= 11 is 11.8. The van der Waals surface area contributed by atoms with Gasteiger partial charge in [-0.15, -0.1) is 0 Å². The van der Waals surface area contributed by atoms with E-state index in [0.717, 1.165) is 11.5 Å². The number of nitrogens with zero attached hydrogens (tertiary/aromatic N) is 2. The van der Waals surface area contributed by atoms with Crippen LogP contribution in [0.3, 0.4) is 0 Å². The number of carbonyl (C=O) groups is 1. The predicted octanol–water partition coefficient (Wildman–Crippen LogP) is 2.87. The van der Waals surface area contributed by atoms with Crippen molar-refractivity contribution in [3.63, 3.8) is 0 Å². The molecule has 0 aliphatic carbocycles. The lowest BCUT2D eigenvalue weighted by Crippen LogP contribution is -2.25. The molecule has 0 bridgehead atoms. The monoisotopic (exact) mass is 301 g/mol. The number of halogens is 2. The summed E-state index contributed by atoms with van der Waals surface area (Å²) in [7, 11) is 1.67. The van der Waals surface area contributed by atoms with Crippen molar-refractivity contribution in [1.29, 1.82) is 0 Å². The predicted molar refractivity (Wildman–Crippen MR) is 72.6 cm³/mol. The molecule has 0 fully saturated rings. The highest BCUT2D eigenvalue weighted by atomic mass is 35.5. The van der Waals surface area contributed by atoms with E-state index in [-0.39, 0.29) is 12.5 Å². The van der Waals surface area contributed by atoms with Crippen LogP contribution in [0.15, 0.2) is 10.5 Å². The van der Waals surface area contributed by atoms with Crippen molar-refractivity contribution >= 4 is 29.1 Å². The number of aryl methyl sites for hydroxylation is 2. The van der Waals surface area contributed by atoms with E-state index in [1.54, 1.807) is 7.05 Å². The number of nitrogens with one attached hydrogen (secondary N) is 1. The van der Waals surface area contributed by atoms with E-state index in [4.69, 9.17) is 27.6 Å². The molecular weight excluding hydrogens is 289 g/mol. The standard InChI is InChI=1S/C12H13Cl2N3O2/c1-6-7(2)19-10(16-6)5-15-12(18)9-4-8(13)11(14)17(9)3/h4H,5H2,1-3H3,(H,15,18). The Balaban J connectivity index is 2.07. The molecular formula is C12H13Cl2N3O2. The molecule has 1 amide bonds. The number of hydrogen-bond acceptors (Lipinski definition) is 3. The van der Waals surface area contributed by atoms with Gasteiger partial charge in [0.2, 0.25) is 5.89 Å². The average molecular weight is 302 g/mol. The highest BCUT2D eigenvalue weighted by Gasteiger charge is 2.16. The molecule has 0 atom stereocenters. The first-order valence-electron chi connectivity index (χ1n) is 5.62. The lowest BCUT2D eigenvalue weighted by molar-refractivity contribution is 0.0939. The second-order valence-electron chi connectivity index (χ2n) is 4.16. The lowest BCUT2D eigenvalue weighted by Gasteiger charge is -2.04. The topological polar surface area (TPSA) is 60.1 Å². The number of oxazole rings is 1. The van der Waals surface area contributed by atoms with Gasteiger partial charge >= 0.3 is 0 Å². The molecule has 2 aromatic heterocycles. The van der Waals surface area contributed by atoms with E-state index >= 15 is 0 Å². The molecule has 0 radical (unpaired) electrons. The minimum atomic E-state index is -0.287. The van der Waals surface area contributed by atoms with Gasteiger partial charge in [0.05, 0.1) is 17.3 Å². The van der Waals surface area contributed by atoms with Crippen LogP contribution in [0, 0.1) is 13.8 Å². The van der Waals surface area contributed by atoms with Gasteiger partial charge in [-0.25, -0.2) is 4.98 Å². The smallest absolute Gasteiger partial charge is 0.268 e. The van der Waals surface area contributed by atoms with Crippen molar-refractivity contribution < 1.29 is 9.21 Å². The largest absolute Gasteiger partial charge is 0.444 e. The molecule has 0 unspecified atom stereocenters. The summed E-state index contributed by atoms with van der Waals surface area (Å²) in [6, 6.07) is 1.52. The van der Waals surface area contributed by atoms with Gasteiger partial charge in [0.25, 0.3) is 5.91 Å². The SMILES string of the molecule is Cc1nc(CNC(=O)c2cc(Cl)c(Cl)n2C)oc1C. The first kappa shape index (κ1) is 14.0. The van der Waals surface area contributed by atoms with Gasteiger partial charge < -0.3 is 14.3 Å². The van der Waals surface area contributed by atoms with Gasteiger partial charge in [-0.05, 0) is 19.9 Å². The highest BCUT2D eigenvalue weighted by molar-refractivity contribution is 6.41. The molecule has 0 saturated carbocycles. The average Bonchev–Trinajstić information content (AvgIpc) is 2.82. The highest BCUT2D eigenvalue weighted by Crippen LogP contribution is 2.25. The number of hydrogen-bond donors (Lipinski definition) is 1. The van der Waals surface area contributed by atoms with Gasteiger partial charge in [-0.2, -0.15) is 0 Å². The van der Waals surface area contributed by atoms with Crippen LogP contribution in [0.4, 0.5) is 0 Å². The van der Waals surface area contributed by atoms with E-state index < -0.39 is 0 Å². The van der Waals surface area contributed by atoms with E-state index in [0.29, 0.717) is 21.8 Å². The van der Waals surface area contributed by atoms with Crippen molar-refractivity contribution in [2.45, 2.75) is 20.4 Å². The summed E-state index contributed by atoms with van der Waals surface area (Å²) in [6.07, 6.45) is 0. The molecule has 5 nitrogen and oxygen atoms in total. The second-order valence-corrected chi connectivity index (χ2v) is 4.92. The molecule has 0 spiro atoms. The molecule has 0 aliphatic heterocycles. The van der Waals surface area contributed by atoms with Crippen LogP contribution in [0.5, 0.6) is 0 Å². The normalized spacial score (nSPS) is 10.8. The Kier molecular flexibility index (Phi) is 3.87. The fourth-order valence-electron chi connectivity index (χ4n) is 1.62. The molecule has 0 aromatic carbocycles. The number of aromatic nitrogens is 2. The van der Waals surface area contributed by atoms with E-state index in [9.17, 15) is 4.79 Å². The number of amides is 1. The summed E-state index contributed by atoms with van der Waals surface area (Å²) < 4.78 is 6.89. The van der Waals surface area contributed by atoms with Crippen molar-refractivity contribution in [2.75, 3.05) is 0 Å². The molecule has 0 aliphatic rings. The Morgan fingerprint density at radius 2 is 2.16 bits per heavy atom. The van der Waals surface area contributed by atoms with Crippen LogP contribution in [-0.2, 0) is 13.6 Å². The van der Waals surface area contributed by atoms with Crippen molar-refractivity contribution in [1.82, 2.24) is 14.9 Å².